The van der Waals surface area contributed by atoms with Crippen molar-refractivity contribution in [3.05, 3.63) is 82.9 Å². The van der Waals surface area contributed by atoms with Crippen LogP contribution in [-0.4, -0.2) is 74.8 Å². The van der Waals surface area contributed by atoms with Crippen LogP contribution in [0, 0.1) is 0 Å². The van der Waals surface area contributed by atoms with Crippen molar-refractivity contribution in [3.63, 3.8) is 0 Å². The van der Waals surface area contributed by atoms with Crippen molar-refractivity contribution in [2.24, 2.45) is 0 Å². The monoisotopic (exact) mass is 1060 g/mol. The summed E-state index contributed by atoms with van der Waals surface area (Å²) >= 11 is 0. The molecule has 0 atom stereocenters. The summed E-state index contributed by atoms with van der Waals surface area (Å²) in [4.78, 5) is -0.0633. The van der Waals surface area contributed by atoms with Gasteiger partial charge in [-0.3, -0.25) is 0 Å². The zero-order valence-corrected chi connectivity index (χ0v) is 47.4. The molecule has 0 aromatic heterocycles. The maximum atomic E-state index is 11.9. The Kier molecular flexibility index (Phi) is 32.2. The molecule has 0 amide bonds. The molecule has 65 heavy (non-hydrogen) atoms. The minimum absolute atomic E-state index is 0. The fourth-order valence-electron chi connectivity index (χ4n) is 9.03. The van der Waals surface area contributed by atoms with Crippen molar-refractivity contribution in [2.45, 2.75) is 243 Å². The minimum atomic E-state index is -4.47. The smallest absolute Gasteiger partial charge is 0.744 e. The quantitative estimate of drug-likeness (QED) is 0.0261. The van der Waals surface area contributed by atoms with Crippen LogP contribution in [0.2, 0.25) is 0 Å². The molecule has 0 fully saturated rings. The predicted molar refractivity (Wildman–Crippen MR) is 276 cm³/mol. The van der Waals surface area contributed by atoms with Crippen molar-refractivity contribution in [1.82, 2.24) is 0 Å². The van der Waals surface area contributed by atoms with Gasteiger partial charge in [0.1, 0.15) is 20.2 Å². The maximum Gasteiger partial charge on any atom is 2.00 e. The van der Waals surface area contributed by atoms with E-state index in [0.717, 1.165) is 60.1 Å². The van der Waals surface area contributed by atoms with E-state index in [4.69, 9.17) is 0 Å². The molecule has 0 heterocycles. The van der Waals surface area contributed by atoms with Gasteiger partial charge in [0, 0.05) is 0 Å². The molecule has 9 heteroatoms. The number of unbranched alkanes of at least 4 members (excludes halogenated alkanes) is 24. The number of hydrogen-bond donors (Lipinski definition) is 0. The first-order valence-electron chi connectivity index (χ1n) is 25.9. The van der Waals surface area contributed by atoms with Crippen molar-refractivity contribution in [2.75, 3.05) is 0 Å². The maximum absolute atomic E-state index is 11.9. The number of benzene rings is 4. The first-order valence-corrected chi connectivity index (χ1v) is 28.8. The molecule has 0 aliphatic carbocycles. The van der Waals surface area contributed by atoms with Crippen LogP contribution in [0.4, 0.5) is 0 Å². The molecular formula is C56H86BaO6S2. The fraction of sp³-hybridized carbons (Fsp3) is 0.643. The third-order valence-electron chi connectivity index (χ3n) is 12.9. The zero-order valence-electron chi connectivity index (χ0n) is 41.4. The summed E-state index contributed by atoms with van der Waals surface area (Å²) < 4.78 is 71.3. The Morgan fingerprint density at radius 3 is 0.862 bits per heavy atom. The van der Waals surface area contributed by atoms with E-state index in [9.17, 15) is 25.9 Å². The Bertz CT molecular complexity index is 1960. The molecule has 0 unspecified atom stereocenters. The van der Waals surface area contributed by atoms with E-state index in [1.807, 2.05) is 24.3 Å². The van der Waals surface area contributed by atoms with Crippen LogP contribution in [0.3, 0.4) is 0 Å². The standard InChI is InChI=1S/2C28H44O3S.Ba/c2*1-3-5-7-9-11-13-15-17-24-19-20-25-23-28(32(29,30)31)26(22-27(25)21-24)18-16-14-12-10-8-6-4-2;/h2*19-23H,3-18H2,1-2H3,(H,29,30,31);/q;;+2/p-2. The summed E-state index contributed by atoms with van der Waals surface area (Å²) in [7, 11) is -8.93. The van der Waals surface area contributed by atoms with Gasteiger partial charge in [-0.05, 0) is 119 Å². The molecule has 0 aliphatic heterocycles. The van der Waals surface area contributed by atoms with E-state index < -0.39 is 20.2 Å². The third kappa shape index (κ3) is 24.8. The van der Waals surface area contributed by atoms with Gasteiger partial charge in [-0.1, -0.05) is 218 Å². The molecule has 0 N–H and O–H groups in total. The second-order valence-corrected chi connectivity index (χ2v) is 21.4. The number of hydrogen-bond acceptors (Lipinski definition) is 6. The van der Waals surface area contributed by atoms with E-state index in [1.165, 1.54) is 165 Å². The Labute approximate surface area is 438 Å². The molecule has 360 valence electrons. The molecule has 0 saturated heterocycles. The van der Waals surface area contributed by atoms with Crippen LogP contribution in [0.25, 0.3) is 21.5 Å². The topological polar surface area (TPSA) is 114 Å². The molecular weight excluding hydrogens is 970 g/mol. The molecule has 0 bridgehead atoms. The van der Waals surface area contributed by atoms with Crippen molar-refractivity contribution in [1.29, 1.82) is 0 Å². The van der Waals surface area contributed by atoms with Crippen molar-refractivity contribution in [3.8, 4) is 0 Å². The van der Waals surface area contributed by atoms with Crippen LogP contribution >= 0.6 is 0 Å². The first-order chi connectivity index (χ1) is 30.9. The molecule has 0 aliphatic rings. The van der Waals surface area contributed by atoms with Gasteiger partial charge in [0.05, 0.1) is 9.79 Å². The van der Waals surface area contributed by atoms with Crippen LogP contribution in [0.1, 0.15) is 230 Å². The van der Waals surface area contributed by atoms with Crippen LogP contribution < -0.4 is 0 Å². The molecule has 4 aromatic carbocycles. The summed E-state index contributed by atoms with van der Waals surface area (Å²) in [6.07, 6.45) is 38.0. The average Bonchev–Trinajstić information content (AvgIpc) is 3.26. The summed E-state index contributed by atoms with van der Waals surface area (Å²) in [6.45, 7) is 8.92. The third-order valence-corrected chi connectivity index (χ3v) is 14.8. The molecule has 0 spiro atoms. The molecule has 6 nitrogen and oxygen atoms in total. The van der Waals surface area contributed by atoms with E-state index in [-0.39, 0.29) is 58.7 Å². The van der Waals surface area contributed by atoms with Gasteiger partial charge >= 0.3 is 48.9 Å². The Balaban J connectivity index is 0.000000440. The molecule has 4 aromatic rings. The predicted octanol–water partition coefficient (Wildman–Crippen LogP) is 16.3. The summed E-state index contributed by atoms with van der Waals surface area (Å²) in [5, 5.41) is 3.78. The van der Waals surface area contributed by atoms with Gasteiger partial charge in [0.2, 0.25) is 0 Å². The van der Waals surface area contributed by atoms with E-state index in [2.05, 4.69) is 52.0 Å². The van der Waals surface area contributed by atoms with Crippen LogP contribution in [0.15, 0.2) is 70.5 Å². The number of fused-ring (bicyclic) bond motifs is 2. The van der Waals surface area contributed by atoms with E-state index in [0.29, 0.717) is 24.0 Å². The van der Waals surface area contributed by atoms with Gasteiger partial charge in [0.15, 0.2) is 0 Å². The Morgan fingerprint density at radius 1 is 0.323 bits per heavy atom. The normalized spacial score (nSPS) is 11.8. The van der Waals surface area contributed by atoms with Crippen LogP contribution in [0.5, 0.6) is 0 Å². The first kappa shape index (κ1) is 59.9. The number of rotatable bonds is 34. The van der Waals surface area contributed by atoms with Gasteiger partial charge in [-0.15, -0.1) is 0 Å². The Hall–Kier alpha value is -1.21. The molecule has 0 saturated carbocycles. The van der Waals surface area contributed by atoms with Crippen LogP contribution in [-0.2, 0) is 45.9 Å². The summed E-state index contributed by atoms with van der Waals surface area (Å²) in [5.74, 6) is 0. The Morgan fingerprint density at radius 2 is 0.585 bits per heavy atom. The second kappa shape index (κ2) is 35.0. The SMILES string of the molecule is CCCCCCCCCc1ccc2cc(S(=O)(=O)[O-])c(CCCCCCCCC)cc2c1.CCCCCCCCCc1ccc2cc(S(=O)(=O)[O-])c(CCCCCCCCC)cc2c1.[Ba+2]. The number of aryl methyl sites for hydroxylation is 4. The van der Waals surface area contributed by atoms with Gasteiger partial charge in [0.25, 0.3) is 0 Å². The van der Waals surface area contributed by atoms with Gasteiger partial charge in [-0.25, -0.2) is 16.8 Å². The summed E-state index contributed by atoms with van der Waals surface area (Å²) in [6, 6.07) is 19.5. The van der Waals surface area contributed by atoms with E-state index >= 15 is 0 Å². The molecule has 4 rings (SSSR count). The van der Waals surface area contributed by atoms with Gasteiger partial charge < -0.3 is 9.11 Å². The summed E-state index contributed by atoms with van der Waals surface area (Å²) in [5.41, 5.74) is 3.97. The zero-order chi connectivity index (χ0) is 46.5. The van der Waals surface area contributed by atoms with Crippen molar-refractivity contribution < 1.29 is 25.9 Å². The minimum Gasteiger partial charge on any atom is -0.744 e. The fourth-order valence-corrected chi connectivity index (χ4v) is 10.5. The van der Waals surface area contributed by atoms with Crippen molar-refractivity contribution >= 4 is 90.7 Å². The van der Waals surface area contributed by atoms with E-state index in [1.54, 1.807) is 12.1 Å². The molecule has 0 radical (unpaired) electrons. The largest absolute Gasteiger partial charge is 2.00 e. The van der Waals surface area contributed by atoms with Gasteiger partial charge in [-0.2, -0.15) is 0 Å². The average molecular weight is 1060 g/mol. The second-order valence-electron chi connectivity index (χ2n) is 18.7.